The molecule has 1 aromatic rings. The van der Waals surface area contributed by atoms with Crippen molar-refractivity contribution in [2.75, 3.05) is 5.33 Å². The summed E-state index contributed by atoms with van der Waals surface area (Å²) in [7, 11) is 0. The first-order valence-corrected chi connectivity index (χ1v) is 4.90. The van der Waals surface area contributed by atoms with Crippen LogP contribution in [0.1, 0.15) is 14.5 Å². The van der Waals surface area contributed by atoms with E-state index in [9.17, 15) is 4.79 Å². The Hall–Kier alpha value is -0.590. The van der Waals surface area contributed by atoms with Crippen LogP contribution in [0.25, 0.3) is 0 Å². The van der Waals surface area contributed by atoms with Crippen molar-refractivity contribution < 1.29 is 4.79 Å². The largest absolute Gasteiger partial charge is 0.297 e. The third kappa shape index (κ3) is 2.49. The highest BCUT2D eigenvalue weighted by Gasteiger charge is 1.93. The van der Waals surface area contributed by atoms with Crippen molar-refractivity contribution in [3.63, 3.8) is 0 Å². The number of thiophene rings is 1. The molecule has 0 spiro atoms. The third-order valence-corrected chi connectivity index (χ3v) is 2.23. The van der Waals surface area contributed by atoms with Crippen molar-refractivity contribution in [1.29, 1.82) is 0 Å². The zero-order chi connectivity index (χ0) is 8.10. The van der Waals surface area contributed by atoms with E-state index in [4.69, 9.17) is 0 Å². The third-order valence-electron chi connectivity index (χ3n) is 1.02. The van der Waals surface area contributed by atoms with Crippen LogP contribution in [0.5, 0.6) is 0 Å². The molecular weight excluding hydrogens is 224 g/mol. The molecular formula is C8H5BrOS. The van der Waals surface area contributed by atoms with Crippen LogP contribution in [0, 0.1) is 11.8 Å². The standard InChI is InChI=1S/C8H5BrOS/c9-5-1-2-7-3-4-8(6-10)11-7/h3-4,6H,5H2. The quantitative estimate of drug-likeness (QED) is 0.410. The number of hydrogen-bond donors (Lipinski definition) is 0. The molecule has 0 atom stereocenters. The maximum atomic E-state index is 10.2. The molecule has 0 unspecified atom stereocenters. The summed E-state index contributed by atoms with van der Waals surface area (Å²) in [6.45, 7) is 0. The second-order valence-corrected chi connectivity index (χ2v) is 3.43. The van der Waals surface area contributed by atoms with Gasteiger partial charge in [-0.15, -0.1) is 11.3 Å². The number of alkyl halides is 1. The van der Waals surface area contributed by atoms with E-state index in [2.05, 4.69) is 27.8 Å². The van der Waals surface area contributed by atoms with E-state index in [0.717, 1.165) is 16.0 Å². The molecule has 0 bridgehead atoms. The zero-order valence-electron chi connectivity index (χ0n) is 5.63. The fourth-order valence-electron chi connectivity index (χ4n) is 0.604. The molecule has 11 heavy (non-hydrogen) atoms. The second kappa shape index (κ2) is 4.32. The van der Waals surface area contributed by atoms with Crippen molar-refractivity contribution in [2.24, 2.45) is 0 Å². The zero-order valence-corrected chi connectivity index (χ0v) is 8.04. The lowest BCUT2D eigenvalue weighted by Gasteiger charge is -1.74. The first-order valence-electron chi connectivity index (χ1n) is 2.96. The Morgan fingerprint density at radius 2 is 2.45 bits per heavy atom. The fraction of sp³-hybridized carbons (Fsp3) is 0.125. The lowest BCUT2D eigenvalue weighted by Crippen LogP contribution is -1.63. The Morgan fingerprint density at radius 1 is 1.64 bits per heavy atom. The van der Waals surface area contributed by atoms with E-state index < -0.39 is 0 Å². The van der Waals surface area contributed by atoms with Crippen LogP contribution in [0.2, 0.25) is 0 Å². The van der Waals surface area contributed by atoms with Crippen LogP contribution >= 0.6 is 27.3 Å². The Morgan fingerprint density at radius 3 is 3.00 bits per heavy atom. The number of carbonyl (C=O) groups is 1. The first-order chi connectivity index (χ1) is 5.36. The molecule has 3 heteroatoms. The second-order valence-electron chi connectivity index (χ2n) is 1.76. The average molecular weight is 229 g/mol. The predicted molar refractivity (Wildman–Crippen MR) is 50.4 cm³/mol. The molecule has 0 aromatic carbocycles. The highest BCUT2D eigenvalue weighted by atomic mass is 79.9. The van der Waals surface area contributed by atoms with E-state index in [1.165, 1.54) is 11.3 Å². The molecule has 0 fully saturated rings. The lowest BCUT2D eigenvalue weighted by atomic mass is 10.4. The molecule has 0 aliphatic carbocycles. The van der Waals surface area contributed by atoms with Crippen molar-refractivity contribution in [3.05, 3.63) is 21.9 Å². The normalized spacial score (nSPS) is 8.45. The smallest absolute Gasteiger partial charge is 0.160 e. The molecule has 0 amide bonds. The molecule has 0 aliphatic heterocycles. The summed E-state index contributed by atoms with van der Waals surface area (Å²) in [5.41, 5.74) is 0. The van der Waals surface area contributed by atoms with Crippen LogP contribution in [-0.4, -0.2) is 11.6 Å². The Kier molecular flexibility index (Phi) is 3.34. The molecule has 0 N–H and O–H groups in total. The number of carbonyl (C=O) groups excluding carboxylic acids is 1. The molecule has 0 saturated carbocycles. The summed E-state index contributed by atoms with van der Waals surface area (Å²) in [6.07, 6.45) is 0.837. The van der Waals surface area contributed by atoms with Crippen LogP contribution in [0.4, 0.5) is 0 Å². The summed E-state index contributed by atoms with van der Waals surface area (Å²) in [5, 5.41) is 0.668. The summed E-state index contributed by atoms with van der Waals surface area (Å²) in [5.74, 6) is 5.77. The van der Waals surface area contributed by atoms with Gasteiger partial charge in [0.15, 0.2) is 6.29 Å². The number of halogens is 1. The number of rotatable bonds is 1. The number of hydrogen-bond acceptors (Lipinski definition) is 2. The lowest BCUT2D eigenvalue weighted by molar-refractivity contribution is 0.112. The van der Waals surface area contributed by atoms with Crippen LogP contribution in [-0.2, 0) is 0 Å². The maximum absolute atomic E-state index is 10.2. The highest BCUT2D eigenvalue weighted by Crippen LogP contribution is 2.12. The van der Waals surface area contributed by atoms with Gasteiger partial charge in [-0.1, -0.05) is 27.8 Å². The van der Waals surface area contributed by atoms with Gasteiger partial charge in [-0.25, -0.2) is 0 Å². The Labute approximate surface area is 77.6 Å². The minimum atomic E-state index is 0.668. The van der Waals surface area contributed by atoms with Gasteiger partial charge in [0.1, 0.15) is 0 Å². The monoisotopic (exact) mass is 228 g/mol. The van der Waals surface area contributed by atoms with Gasteiger partial charge in [0, 0.05) is 0 Å². The van der Waals surface area contributed by atoms with E-state index in [1.54, 1.807) is 6.07 Å². The van der Waals surface area contributed by atoms with Gasteiger partial charge in [-0.2, -0.15) is 0 Å². The van der Waals surface area contributed by atoms with E-state index in [0.29, 0.717) is 5.33 Å². The van der Waals surface area contributed by atoms with Crippen LogP contribution < -0.4 is 0 Å². The SMILES string of the molecule is O=Cc1ccc(C#CCBr)s1. The summed E-state index contributed by atoms with van der Waals surface area (Å²) < 4.78 is 0. The molecule has 56 valence electrons. The highest BCUT2D eigenvalue weighted by molar-refractivity contribution is 9.09. The molecule has 0 aliphatic rings. The van der Waals surface area contributed by atoms with Crippen LogP contribution in [0.3, 0.4) is 0 Å². The summed E-state index contributed by atoms with van der Waals surface area (Å²) in [6, 6.07) is 3.62. The molecule has 1 nitrogen and oxygen atoms in total. The van der Waals surface area contributed by atoms with Gasteiger partial charge < -0.3 is 0 Å². The van der Waals surface area contributed by atoms with E-state index >= 15 is 0 Å². The Bertz CT molecular complexity index is 305. The van der Waals surface area contributed by atoms with Gasteiger partial charge >= 0.3 is 0 Å². The average Bonchev–Trinajstić information content (AvgIpc) is 2.48. The predicted octanol–water partition coefficient (Wildman–Crippen LogP) is 2.31. The van der Waals surface area contributed by atoms with Crippen molar-refractivity contribution >= 4 is 33.6 Å². The van der Waals surface area contributed by atoms with Crippen molar-refractivity contribution in [1.82, 2.24) is 0 Å². The van der Waals surface area contributed by atoms with Crippen LogP contribution in [0.15, 0.2) is 12.1 Å². The maximum Gasteiger partial charge on any atom is 0.160 e. The van der Waals surface area contributed by atoms with Gasteiger partial charge in [-0.05, 0) is 12.1 Å². The molecule has 1 rings (SSSR count). The first kappa shape index (κ1) is 8.51. The molecule has 0 saturated heterocycles. The number of aldehydes is 1. The van der Waals surface area contributed by atoms with Crippen molar-refractivity contribution in [2.45, 2.75) is 0 Å². The minimum absolute atomic E-state index is 0.668. The topological polar surface area (TPSA) is 17.1 Å². The van der Waals surface area contributed by atoms with E-state index in [-0.39, 0.29) is 0 Å². The summed E-state index contributed by atoms with van der Waals surface area (Å²) >= 11 is 4.60. The van der Waals surface area contributed by atoms with E-state index in [1.807, 2.05) is 6.07 Å². The van der Waals surface area contributed by atoms with Gasteiger partial charge in [-0.3, -0.25) is 4.79 Å². The van der Waals surface area contributed by atoms with Gasteiger partial charge in [0.05, 0.1) is 15.1 Å². The van der Waals surface area contributed by atoms with Crippen molar-refractivity contribution in [3.8, 4) is 11.8 Å². The summed E-state index contributed by atoms with van der Waals surface area (Å²) in [4.78, 5) is 11.9. The fourth-order valence-corrected chi connectivity index (χ4v) is 1.44. The molecule has 1 aromatic heterocycles. The van der Waals surface area contributed by atoms with Gasteiger partial charge in [0.2, 0.25) is 0 Å². The molecule has 0 radical (unpaired) electrons. The Balaban J connectivity index is 2.80. The molecule has 1 heterocycles. The van der Waals surface area contributed by atoms with Gasteiger partial charge in [0.25, 0.3) is 0 Å². The minimum Gasteiger partial charge on any atom is -0.297 e.